The van der Waals surface area contributed by atoms with Gasteiger partial charge in [-0.15, -0.1) is 0 Å². The standard InChI is InChI=1S/C19H18N6O/c20-11-14-4-3-5-15(10-14)18-23-19(26-24-18)17-6-1-2-9-25(17)13-16-12-21-7-8-22-16/h3-5,7-8,10,12,17H,1-2,6,9,13H2/t17-/m0/s1. The number of piperidine rings is 1. The minimum atomic E-state index is 0.0751. The molecule has 3 heterocycles. The Bertz CT molecular complexity index is 917. The highest BCUT2D eigenvalue weighted by atomic mass is 16.5. The highest BCUT2D eigenvalue weighted by Gasteiger charge is 2.29. The average Bonchev–Trinajstić information content (AvgIpc) is 3.19. The molecule has 0 unspecified atom stereocenters. The van der Waals surface area contributed by atoms with E-state index in [2.05, 4.69) is 31.1 Å². The third-order valence-electron chi connectivity index (χ3n) is 4.57. The van der Waals surface area contributed by atoms with Crippen LogP contribution in [0.5, 0.6) is 0 Å². The second kappa shape index (κ2) is 7.42. The molecule has 1 atom stereocenters. The summed E-state index contributed by atoms with van der Waals surface area (Å²) >= 11 is 0. The van der Waals surface area contributed by atoms with Gasteiger partial charge in [-0.3, -0.25) is 14.9 Å². The van der Waals surface area contributed by atoms with Gasteiger partial charge in [0.1, 0.15) is 0 Å². The first-order chi connectivity index (χ1) is 12.8. The highest BCUT2D eigenvalue weighted by molar-refractivity contribution is 5.57. The van der Waals surface area contributed by atoms with Crippen LogP contribution in [0.3, 0.4) is 0 Å². The Morgan fingerprint density at radius 1 is 1.27 bits per heavy atom. The normalized spacial score (nSPS) is 17.7. The van der Waals surface area contributed by atoms with Crippen LogP contribution in [-0.2, 0) is 6.54 Å². The molecule has 1 saturated heterocycles. The van der Waals surface area contributed by atoms with Crippen LogP contribution >= 0.6 is 0 Å². The molecule has 0 amide bonds. The van der Waals surface area contributed by atoms with Gasteiger partial charge >= 0.3 is 0 Å². The molecule has 7 nitrogen and oxygen atoms in total. The molecule has 0 saturated carbocycles. The average molecular weight is 346 g/mol. The Morgan fingerprint density at radius 3 is 3.08 bits per heavy atom. The largest absolute Gasteiger partial charge is 0.337 e. The molecule has 0 spiro atoms. The quantitative estimate of drug-likeness (QED) is 0.716. The second-order valence-electron chi connectivity index (χ2n) is 6.33. The molecule has 1 aliphatic rings. The number of hydrogen-bond donors (Lipinski definition) is 0. The summed E-state index contributed by atoms with van der Waals surface area (Å²) in [5.74, 6) is 1.13. The van der Waals surface area contributed by atoms with Gasteiger partial charge in [-0.25, -0.2) is 0 Å². The summed E-state index contributed by atoms with van der Waals surface area (Å²) in [5, 5.41) is 13.2. The van der Waals surface area contributed by atoms with Crippen molar-refractivity contribution in [3.05, 3.63) is 60.0 Å². The van der Waals surface area contributed by atoms with Crippen LogP contribution in [0, 0.1) is 11.3 Å². The monoisotopic (exact) mass is 346 g/mol. The lowest BCUT2D eigenvalue weighted by Gasteiger charge is -2.32. The maximum absolute atomic E-state index is 9.06. The van der Waals surface area contributed by atoms with E-state index in [4.69, 9.17) is 9.78 Å². The van der Waals surface area contributed by atoms with Gasteiger partial charge in [-0.2, -0.15) is 10.2 Å². The fraction of sp³-hybridized carbons (Fsp3) is 0.316. The van der Waals surface area contributed by atoms with Gasteiger partial charge in [0.25, 0.3) is 0 Å². The van der Waals surface area contributed by atoms with Crippen molar-refractivity contribution in [3.8, 4) is 17.5 Å². The van der Waals surface area contributed by atoms with Crippen molar-refractivity contribution in [2.24, 2.45) is 0 Å². The lowest BCUT2D eigenvalue weighted by Crippen LogP contribution is -2.33. The fourth-order valence-corrected chi connectivity index (χ4v) is 3.30. The summed E-state index contributed by atoms with van der Waals surface area (Å²) < 4.78 is 5.58. The molecule has 1 aliphatic heterocycles. The Labute approximate surface area is 151 Å². The van der Waals surface area contributed by atoms with Gasteiger partial charge < -0.3 is 4.52 Å². The highest BCUT2D eigenvalue weighted by Crippen LogP contribution is 2.32. The third-order valence-corrected chi connectivity index (χ3v) is 4.57. The van der Waals surface area contributed by atoms with Gasteiger partial charge in [0.2, 0.25) is 11.7 Å². The van der Waals surface area contributed by atoms with Crippen LogP contribution in [-0.4, -0.2) is 31.6 Å². The number of aromatic nitrogens is 4. The first-order valence-corrected chi connectivity index (χ1v) is 8.66. The molecule has 0 aliphatic carbocycles. The molecular weight excluding hydrogens is 328 g/mol. The van der Waals surface area contributed by atoms with Crippen molar-refractivity contribution in [2.75, 3.05) is 6.54 Å². The molecule has 26 heavy (non-hydrogen) atoms. The van der Waals surface area contributed by atoms with E-state index in [1.807, 2.05) is 12.1 Å². The zero-order chi connectivity index (χ0) is 17.8. The van der Waals surface area contributed by atoms with Crippen molar-refractivity contribution >= 4 is 0 Å². The lowest BCUT2D eigenvalue weighted by atomic mass is 10.0. The number of likely N-dealkylation sites (tertiary alicyclic amines) is 1. The van der Waals surface area contributed by atoms with Crippen LogP contribution in [0.15, 0.2) is 47.4 Å². The predicted molar refractivity (Wildman–Crippen MR) is 93.5 cm³/mol. The van der Waals surface area contributed by atoms with E-state index < -0.39 is 0 Å². The second-order valence-corrected chi connectivity index (χ2v) is 6.33. The van der Waals surface area contributed by atoms with Crippen LogP contribution in [0.25, 0.3) is 11.4 Å². The van der Waals surface area contributed by atoms with Crippen LogP contribution in [0.4, 0.5) is 0 Å². The molecule has 1 fully saturated rings. The van der Waals surface area contributed by atoms with Crippen LogP contribution in [0.1, 0.15) is 42.5 Å². The smallest absolute Gasteiger partial charge is 0.244 e. The first-order valence-electron chi connectivity index (χ1n) is 8.66. The molecule has 4 rings (SSSR count). The SMILES string of the molecule is N#Cc1cccc(-c2noc([C@@H]3CCCCN3Cc3cnccn3)n2)c1. The van der Waals surface area contributed by atoms with E-state index in [1.54, 1.807) is 30.7 Å². The van der Waals surface area contributed by atoms with Gasteiger partial charge in [0, 0.05) is 30.7 Å². The Morgan fingerprint density at radius 2 is 2.23 bits per heavy atom. The summed E-state index contributed by atoms with van der Waals surface area (Å²) in [6, 6.07) is 9.45. The lowest BCUT2D eigenvalue weighted by molar-refractivity contribution is 0.110. The number of benzene rings is 1. The molecule has 0 radical (unpaired) electrons. The van der Waals surface area contributed by atoms with Crippen molar-refractivity contribution in [3.63, 3.8) is 0 Å². The summed E-state index contributed by atoms with van der Waals surface area (Å²) in [5.41, 5.74) is 2.30. The number of hydrogen-bond acceptors (Lipinski definition) is 7. The third kappa shape index (κ3) is 3.46. The molecule has 3 aromatic rings. The van der Waals surface area contributed by atoms with Crippen LogP contribution in [0.2, 0.25) is 0 Å². The first kappa shape index (κ1) is 16.4. The van der Waals surface area contributed by atoms with Crippen molar-refractivity contribution in [1.82, 2.24) is 25.0 Å². The minimum Gasteiger partial charge on any atom is -0.337 e. The maximum Gasteiger partial charge on any atom is 0.244 e. The van der Waals surface area contributed by atoms with E-state index in [9.17, 15) is 0 Å². The molecule has 7 heteroatoms. The zero-order valence-electron chi connectivity index (χ0n) is 14.2. The topological polar surface area (TPSA) is 91.7 Å². The number of nitrogens with zero attached hydrogens (tertiary/aromatic N) is 6. The summed E-state index contributed by atoms with van der Waals surface area (Å²) in [6.07, 6.45) is 8.42. The van der Waals surface area contributed by atoms with Gasteiger partial charge in [-0.1, -0.05) is 23.7 Å². The van der Waals surface area contributed by atoms with E-state index in [-0.39, 0.29) is 6.04 Å². The van der Waals surface area contributed by atoms with Crippen LogP contribution < -0.4 is 0 Å². The van der Waals surface area contributed by atoms with E-state index in [0.29, 0.717) is 23.8 Å². The molecule has 0 N–H and O–H groups in total. The maximum atomic E-state index is 9.06. The van der Waals surface area contributed by atoms with E-state index >= 15 is 0 Å². The van der Waals surface area contributed by atoms with Crippen molar-refractivity contribution in [1.29, 1.82) is 5.26 Å². The zero-order valence-corrected chi connectivity index (χ0v) is 14.2. The molecular formula is C19H18N6O. The van der Waals surface area contributed by atoms with E-state index in [0.717, 1.165) is 37.1 Å². The van der Waals surface area contributed by atoms with Crippen molar-refractivity contribution in [2.45, 2.75) is 31.8 Å². The molecule has 1 aromatic carbocycles. The summed E-state index contributed by atoms with van der Waals surface area (Å²) in [7, 11) is 0. The van der Waals surface area contributed by atoms with Gasteiger partial charge in [0.15, 0.2) is 0 Å². The fourth-order valence-electron chi connectivity index (χ4n) is 3.30. The predicted octanol–water partition coefficient (Wildman–Crippen LogP) is 3.13. The Kier molecular flexibility index (Phi) is 4.67. The van der Waals surface area contributed by atoms with Gasteiger partial charge in [0.05, 0.1) is 23.4 Å². The summed E-state index contributed by atoms with van der Waals surface area (Å²) in [6.45, 7) is 1.67. The van der Waals surface area contributed by atoms with E-state index in [1.165, 1.54) is 0 Å². The molecule has 0 bridgehead atoms. The van der Waals surface area contributed by atoms with Gasteiger partial charge in [-0.05, 0) is 31.5 Å². The number of rotatable bonds is 4. The van der Waals surface area contributed by atoms with Crippen molar-refractivity contribution < 1.29 is 4.52 Å². The summed E-state index contributed by atoms with van der Waals surface area (Å²) in [4.78, 5) is 15.4. The minimum absolute atomic E-state index is 0.0751. The molecule has 130 valence electrons. The molecule has 2 aromatic heterocycles. The Hall–Kier alpha value is -3.11. The Balaban J connectivity index is 1.57. The number of nitriles is 1.